The van der Waals surface area contributed by atoms with Crippen LogP contribution in [0.25, 0.3) is 12.2 Å². The molecule has 0 heterocycles. The van der Waals surface area contributed by atoms with Gasteiger partial charge in [-0.05, 0) is 54.8 Å². The van der Waals surface area contributed by atoms with E-state index in [2.05, 4.69) is 0 Å². The second-order valence-corrected chi connectivity index (χ2v) is 4.38. The molecule has 0 saturated heterocycles. The van der Waals surface area contributed by atoms with Crippen LogP contribution >= 0.6 is 0 Å². The average molecular weight is 242 g/mol. The van der Waals surface area contributed by atoms with Gasteiger partial charge in [0.25, 0.3) is 0 Å². The van der Waals surface area contributed by atoms with Gasteiger partial charge in [0.15, 0.2) is 0 Å². The van der Waals surface area contributed by atoms with Crippen LogP contribution in [-0.2, 0) is 0 Å². The van der Waals surface area contributed by atoms with Crippen molar-refractivity contribution in [3.63, 3.8) is 0 Å². The summed E-state index contributed by atoms with van der Waals surface area (Å²) >= 11 is 0. The van der Waals surface area contributed by atoms with E-state index in [1.54, 1.807) is 18.2 Å². The standard InChI is InChI=1S/C16H15FO/c1-11-9-14(16(18)10-12(11)2)6-3-13-4-7-15(17)8-5-13/h3-10,18H,1-2H3/b6-3+. The predicted octanol–water partition coefficient (Wildman–Crippen LogP) is 4.32. The number of hydrogen-bond donors (Lipinski definition) is 1. The van der Waals surface area contributed by atoms with Crippen molar-refractivity contribution in [3.8, 4) is 5.75 Å². The molecule has 2 rings (SSSR count). The van der Waals surface area contributed by atoms with Crippen LogP contribution in [0.3, 0.4) is 0 Å². The minimum Gasteiger partial charge on any atom is -0.507 e. The van der Waals surface area contributed by atoms with Gasteiger partial charge in [0, 0.05) is 5.56 Å². The van der Waals surface area contributed by atoms with Crippen molar-refractivity contribution in [2.45, 2.75) is 13.8 Å². The molecular formula is C16H15FO. The van der Waals surface area contributed by atoms with Gasteiger partial charge in [-0.1, -0.05) is 24.3 Å². The van der Waals surface area contributed by atoms with E-state index in [9.17, 15) is 9.50 Å². The van der Waals surface area contributed by atoms with Crippen LogP contribution in [-0.4, -0.2) is 5.11 Å². The zero-order valence-electron chi connectivity index (χ0n) is 10.4. The monoisotopic (exact) mass is 242 g/mol. The highest BCUT2D eigenvalue weighted by molar-refractivity contribution is 5.73. The SMILES string of the molecule is Cc1cc(O)c(/C=C/c2ccc(F)cc2)cc1C. The first-order chi connectivity index (χ1) is 8.56. The number of phenolic OH excluding ortho intramolecular Hbond substituents is 1. The number of phenols is 1. The van der Waals surface area contributed by atoms with Gasteiger partial charge in [-0.15, -0.1) is 0 Å². The van der Waals surface area contributed by atoms with Crippen molar-refractivity contribution in [2.24, 2.45) is 0 Å². The fraction of sp³-hybridized carbons (Fsp3) is 0.125. The summed E-state index contributed by atoms with van der Waals surface area (Å²) < 4.78 is 12.7. The average Bonchev–Trinajstić information content (AvgIpc) is 2.34. The van der Waals surface area contributed by atoms with Crippen LogP contribution in [0, 0.1) is 19.7 Å². The number of halogens is 1. The third-order valence-corrected chi connectivity index (χ3v) is 2.97. The van der Waals surface area contributed by atoms with E-state index >= 15 is 0 Å². The zero-order valence-corrected chi connectivity index (χ0v) is 10.4. The molecule has 1 N–H and O–H groups in total. The Morgan fingerprint density at radius 2 is 1.56 bits per heavy atom. The number of benzene rings is 2. The van der Waals surface area contributed by atoms with E-state index in [0.717, 1.165) is 22.3 Å². The second kappa shape index (κ2) is 5.05. The molecule has 0 aliphatic heterocycles. The molecule has 0 unspecified atom stereocenters. The molecule has 0 amide bonds. The van der Waals surface area contributed by atoms with Gasteiger partial charge in [0.2, 0.25) is 0 Å². The highest BCUT2D eigenvalue weighted by Crippen LogP contribution is 2.23. The van der Waals surface area contributed by atoms with Gasteiger partial charge in [0.1, 0.15) is 11.6 Å². The zero-order chi connectivity index (χ0) is 13.1. The lowest BCUT2D eigenvalue weighted by Gasteiger charge is -2.04. The topological polar surface area (TPSA) is 20.2 Å². The third-order valence-electron chi connectivity index (χ3n) is 2.97. The van der Waals surface area contributed by atoms with Crippen molar-refractivity contribution >= 4 is 12.2 Å². The molecule has 0 bridgehead atoms. The predicted molar refractivity (Wildman–Crippen MR) is 72.9 cm³/mol. The minimum absolute atomic E-state index is 0.249. The molecule has 92 valence electrons. The van der Waals surface area contributed by atoms with Gasteiger partial charge in [0.05, 0.1) is 0 Å². The molecular weight excluding hydrogens is 227 g/mol. The maximum absolute atomic E-state index is 12.7. The second-order valence-electron chi connectivity index (χ2n) is 4.38. The summed E-state index contributed by atoms with van der Waals surface area (Å²) in [7, 11) is 0. The van der Waals surface area contributed by atoms with Crippen molar-refractivity contribution in [2.75, 3.05) is 0 Å². The summed E-state index contributed by atoms with van der Waals surface area (Å²) in [4.78, 5) is 0. The Morgan fingerprint density at radius 3 is 2.22 bits per heavy atom. The first kappa shape index (κ1) is 12.4. The fourth-order valence-corrected chi connectivity index (χ4v) is 1.72. The smallest absolute Gasteiger partial charge is 0.123 e. The molecule has 0 fully saturated rings. The molecule has 1 nitrogen and oxygen atoms in total. The summed E-state index contributed by atoms with van der Waals surface area (Å²) in [6, 6.07) is 9.91. The van der Waals surface area contributed by atoms with E-state index < -0.39 is 0 Å². The normalized spacial score (nSPS) is 11.1. The van der Waals surface area contributed by atoms with Crippen molar-refractivity contribution in [1.82, 2.24) is 0 Å². The summed E-state index contributed by atoms with van der Waals surface area (Å²) in [6.07, 6.45) is 3.68. The molecule has 0 saturated carbocycles. The van der Waals surface area contributed by atoms with Crippen LogP contribution < -0.4 is 0 Å². The molecule has 2 aromatic carbocycles. The molecule has 0 aromatic heterocycles. The molecule has 0 atom stereocenters. The summed E-state index contributed by atoms with van der Waals surface area (Å²) in [6.45, 7) is 3.96. The lowest BCUT2D eigenvalue weighted by atomic mass is 10.0. The van der Waals surface area contributed by atoms with Gasteiger partial charge < -0.3 is 5.11 Å². The number of aromatic hydroxyl groups is 1. The largest absolute Gasteiger partial charge is 0.507 e. The maximum atomic E-state index is 12.7. The van der Waals surface area contributed by atoms with Gasteiger partial charge >= 0.3 is 0 Å². The van der Waals surface area contributed by atoms with Crippen LogP contribution in [0.5, 0.6) is 5.75 Å². The van der Waals surface area contributed by atoms with Crippen molar-refractivity contribution in [1.29, 1.82) is 0 Å². The molecule has 2 aromatic rings. The van der Waals surface area contributed by atoms with Gasteiger partial charge in [-0.25, -0.2) is 4.39 Å². The minimum atomic E-state index is -0.249. The molecule has 0 aliphatic rings. The highest BCUT2D eigenvalue weighted by atomic mass is 19.1. The van der Waals surface area contributed by atoms with E-state index in [0.29, 0.717) is 0 Å². The van der Waals surface area contributed by atoms with Crippen molar-refractivity contribution < 1.29 is 9.50 Å². The summed E-state index contributed by atoms with van der Waals surface area (Å²) in [5.41, 5.74) is 3.86. The Bertz CT molecular complexity index is 583. The van der Waals surface area contributed by atoms with Crippen LogP contribution in [0.2, 0.25) is 0 Å². The van der Waals surface area contributed by atoms with Crippen molar-refractivity contribution in [3.05, 3.63) is 64.5 Å². The van der Waals surface area contributed by atoms with Crippen LogP contribution in [0.4, 0.5) is 4.39 Å². The third kappa shape index (κ3) is 2.77. The fourth-order valence-electron chi connectivity index (χ4n) is 1.72. The molecule has 0 radical (unpaired) electrons. The van der Waals surface area contributed by atoms with Crippen LogP contribution in [0.1, 0.15) is 22.3 Å². The quantitative estimate of drug-likeness (QED) is 0.778. The number of hydrogen-bond acceptors (Lipinski definition) is 1. The Balaban J connectivity index is 2.28. The van der Waals surface area contributed by atoms with Gasteiger partial charge in [-0.3, -0.25) is 0 Å². The Hall–Kier alpha value is -2.09. The lowest BCUT2D eigenvalue weighted by molar-refractivity contribution is 0.473. The number of rotatable bonds is 2. The van der Waals surface area contributed by atoms with E-state index in [1.807, 2.05) is 32.1 Å². The van der Waals surface area contributed by atoms with Gasteiger partial charge in [-0.2, -0.15) is 0 Å². The van der Waals surface area contributed by atoms with E-state index in [4.69, 9.17) is 0 Å². The number of aryl methyl sites for hydroxylation is 2. The first-order valence-corrected chi connectivity index (χ1v) is 5.80. The lowest BCUT2D eigenvalue weighted by Crippen LogP contribution is -1.83. The Labute approximate surface area is 106 Å². The maximum Gasteiger partial charge on any atom is 0.123 e. The molecule has 0 aliphatic carbocycles. The molecule has 18 heavy (non-hydrogen) atoms. The first-order valence-electron chi connectivity index (χ1n) is 5.80. The highest BCUT2D eigenvalue weighted by Gasteiger charge is 2.01. The van der Waals surface area contributed by atoms with E-state index in [-0.39, 0.29) is 11.6 Å². The Morgan fingerprint density at radius 1 is 0.944 bits per heavy atom. The summed E-state index contributed by atoms with van der Waals surface area (Å²) in [5, 5.41) is 9.83. The van der Waals surface area contributed by atoms with Crippen LogP contribution in [0.15, 0.2) is 36.4 Å². The Kier molecular flexibility index (Phi) is 3.47. The summed E-state index contributed by atoms with van der Waals surface area (Å²) in [5.74, 6) is 0.0117. The molecule has 2 heteroatoms. The van der Waals surface area contributed by atoms with E-state index in [1.165, 1.54) is 12.1 Å². The molecule has 0 spiro atoms.